The van der Waals surface area contributed by atoms with E-state index in [1.807, 2.05) is 43.9 Å². The Kier molecular flexibility index (Phi) is 5.58. The van der Waals surface area contributed by atoms with Crippen molar-refractivity contribution in [3.8, 4) is 0 Å². The molecule has 0 spiro atoms. The van der Waals surface area contributed by atoms with Crippen LogP contribution >= 0.6 is 0 Å². The van der Waals surface area contributed by atoms with Crippen LogP contribution < -0.4 is 5.32 Å². The van der Waals surface area contributed by atoms with E-state index in [1.54, 1.807) is 0 Å². The van der Waals surface area contributed by atoms with Gasteiger partial charge in [-0.05, 0) is 63.9 Å². The SMILES string of the molecule is Cc1ccnc(Nc2cc(C3CCCN(Cc4cc(C)nn4C)C3)nc(C)n2)c1. The number of hydrogen-bond donors (Lipinski definition) is 1. The number of anilines is 2. The van der Waals surface area contributed by atoms with Crippen molar-refractivity contribution in [3.05, 3.63) is 58.9 Å². The molecule has 1 N–H and O–H groups in total. The molecule has 0 saturated carbocycles. The Labute approximate surface area is 172 Å². The minimum Gasteiger partial charge on any atom is -0.325 e. The molecule has 3 aromatic rings. The third-order valence-corrected chi connectivity index (χ3v) is 5.44. The predicted molar refractivity (Wildman–Crippen MR) is 114 cm³/mol. The molecule has 0 radical (unpaired) electrons. The topological polar surface area (TPSA) is 71.8 Å². The summed E-state index contributed by atoms with van der Waals surface area (Å²) in [6.07, 6.45) is 4.14. The van der Waals surface area contributed by atoms with Gasteiger partial charge in [-0.3, -0.25) is 9.58 Å². The lowest BCUT2D eigenvalue weighted by Crippen LogP contribution is -2.34. The maximum atomic E-state index is 4.76. The van der Waals surface area contributed by atoms with Crippen LogP contribution in [0.1, 0.15) is 47.2 Å². The molecule has 0 aliphatic carbocycles. The van der Waals surface area contributed by atoms with Crippen molar-refractivity contribution in [1.82, 2.24) is 29.6 Å². The van der Waals surface area contributed by atoms with Crippen LogP contribution in [0.25, 0.3) is 0 Å². The number of aryl methyl sites for hydroxylation is 4. The van der Waals surface area contributed by atoms with E-state index in [1.165, 1.54) is 17.7 Å². The van der Waals surface area contributed by atoms with Gasteiger partial charge in [0.1, 0.15) is 17.5 Å². The summed E-state index contributed by atoms with van der Waals surface area (Å²) in [5.74, 6) is 2.82. The third kappa shape index (κ3) is 4.79. The van der Waals surface area contributed by atoms with Gasteiger partial charge in [0.15, 0.2) is 0 Å². The third-order valence-electron chi connectivity index (χ3n) is 5.44. The molecule has 3 aromatic heterocycles. The van der Waals surface area contributed by atoms with Gasteiger partial charge in [-0.25, -0.2) is 15.0 Å². The monoisotopic (exact) mass is 391 g/mol. The highest BCUT2D eigenvalue weighted by atomic mass is 15.3. The average Bonchev–Trinajstić information content (AvgIpc) is 2.98. The van der Waals surface area contributed by atoms with Gasteiger partial charge in [0, 0.05) is 38.3 Å². The first-order chi connectivity index (χ1) is 14.0. The van der Waals surface area contributed by atoms with Gasteiger partial charge in [0.05, 0.1) is 17.1 Å². The lowest BCUT2D eigenvalue weighted by molar-refractivity contribution is 0.194. The molecule has 1 aliphatic heterocycles. The van der Waals surface area contributed by atoms with Crippen LogP contribution in [0, 0.1) is 20.8 Å². The number of aromatic nitrogens is 5. The van der Waals surface area contributed by atoms with Crippen molar-refractivity contribution in [2.24, 2.45) is 7.05 Å². The number of piperidine rings is 1. The van der Waals surface area contributed by atoms with Gasteiger partial charge in [-0.15, -0.1) is 0 Å². The van der Waals surface area contributed by atoms with Crippen molar-refractivity contribution in [1.29, 1.82) is 0 Å². The molecule has 7 nitrogen and oxygen atoms in total. The molecule has 7 heteroatoms. The first kappa shape index (κ1) is 19.5. The summed E-state index contributed by atoms with van der Waals surface area (Å²) < 4.78 is 1.99. The fourth-order valence-electron chi connectivity index (χ4n) is 4.08. The zero-order valence-corrected chi connectivity index (χ0v) is 17.7. The second-order valence-electron chi connectivity index (χ2n) is 8.04. The lowest BCUT2D eigenvalue weighted by atomic mass is 9.94. The molecular weight excluding hydrogens is 362 g/mol. The molecule has 0 aromatic carbocycles. The number of nitrogens with one attached hydrogen (secondary N) is 1. The van der Waals surface area contributed by atoms with Crippen LogP contribution in [-0.2, 0) is 13.6 Å². The first-order valence-corrected chi connectivity index (χ1v) is 10.2. The number of rotatable bonds is 5. The van der Waals surface area contributed by atoms with Gasteiger partial charge in [0.2, 0.25) is 0 Å². The van der Waals surface area contributed by atoms with Crippen LogP contribution in [0.4, 0.5) is 11.6 Å². The van der Waals surface area contributed by atoms with Gasteiger partial charge in [-0.2, -0.15) is 5.10 Å². The normalized spacial score (nSPS) is 17.4. The predicted octanol–water partition coefficient (Wildman–Crippen LogP) is 3.65. The Morgan fingerprint density at radius 1 is 1.10 bits per heavy atom. The van der Waals surface area contributed by atoms with Crippen LogP contribution in [-0.4, -0.2) is 42.7 Å². The molecule has 4 rings (SSSR count). The van der Waals surface area contributed by atoms with Crippen molar-refractivity contribution in [2.45, 2.75) is 46.1 Å². The molecule has 152 valence electrons. The molecule has 1 atom stereocenters. The Hall–Kier alpha value is -2.80. The average molecular weight is 392 g/mol. The van der Waals surface area contributed by atoms with Crippen molar-refractivity contribution in [2.75, 3.05) is 18.4 Å². The van der Waals surface area contributed by atoms with E-state index in [0.717, 1.165) is 54.9 Å². The summed E-state index contributed by atoms with van der Waals surface area (Å²) in [6.45, 7) is 9.10. The molecule has 29 heavy (non-hydrogen) atoms. The van der Waals surface area contributed by atoms with Gasteiger partial charge in [-0.1, -0.05) is 0 Å². The summed E-state index contributed by atoms with van der Waals surface area (Å²) in [6, 6.07) is 8.27. The Morgan fingerprint density at radius 3 is 2.72 bits per heavy atom. The van der Waals surface area contributed by atoms with E-state index in [2.05, 4.69) is 44.3 Å². The number of likely N-dealkylation sites (tertiary alicyclic amines) is 1. The van der Waals surface area contributed by atoms with Crippen LogP contribution in [0.2, 0.25) is 0 Å². The van der Waals surface area contributed by atoms with E-state index >= 15 is 0 Å². The molecular formula is C22H29N7. The zero-order chi connectivity index (χ0) is 20.4. The van der Waals surface area contributed by atoms with E-state index < -0.39 is 0 Å². The lowest BCUT2D eigenvalue weighted by Gasteiger charge is -2.32. The first-order valence-electron chi connectivity index (χ1n) is 10.2. The van der Waals surface area contributed by atoms with Crippen molar-refractivity contribution < 1.29 is 0 Å². The van der Waals surface area contributed by atoms with Crippen LogP contribution in [0.5, 0.6) is 0 Å². The number of hydrogen-bond acceptors (Lipinski definition) is 6. The van der Waals surface area contributed by atoms with E-state index in [0.29, 0.717) is 5.92 Å². The highest BCUT2D eigenvalue weighted by Gasteiger charge is 2.24. The van der Waals surface area contributed by atoms with E-state index in [-0.39, 0.29) is 0 Å². The molecule has 0 amide bonds. The fraction of sp³-hybridized carbons (Fsp3) is 0.455. The molecule has 1 saturated heterocycles. The molecule has 4 heterocycles. The zero-order valence-electron chi connectivity index (χ0n) is 17.7. The minimum absolute atomic E-state index is 0.408. The molecule has 1 fully saturated rings. The standard InChI is InChI=1S/C22H29N7/c1-15-7-8-23-21(10-15)26-22-12-20(24-17(3)25-22)18-6-5-9-29(13-18)14-19-11-16(2)27-28(19)4/h7-8,10-12,18H,5-6,9,13-14H2,1-4H3,(H,23,24,25,26). The Balaban J connectivity index is 1.49. The van der Waals surface area contributed by atoms with E-state index in [9.17, 15) is 0 Å². The fourth-order valence-corrected chi connectivity index (χ4v) is 4.08. The summed E-state index contributed by atoms with van der Waals surface area (Å²) in [4.78, 5) is 16.2. The second-order valence-corrected chi connectivity index (χ2v) is 8.04. The summed E-state index contributed by atoms with van der Waals surface area (Å²) in [5.41, 5.74) is 4.61. The summed E-state index contributed by atoms with van der Waals surface area (Å²) in [5, 5.41) is 7.82. The van der Waals surface area contributed by atoms with Crippen molar-refractivity contribution in [3.63, 3.8) is 0 Å². The van der Waals surface area contributed by atoms with Crippen molar-refractivity contribution >= 4 is 11.6 Å². The highest BCUT2D eigenvalue weighted by Crippen LogP contribution is 2.28. The smallest absolute Gasteiger partial charge is 0.135 e. The quantitative estimate of drug-likeness (QED) is 0.716. The summed E-state index contributed by atoms with van der Waals surface area (Å²) in [7, 11) is 2.02. The van der Waals surface area contributed by atoms with Gasteiger partial charge < -0.3 is 5.32 Å². The maximum Gasteiger partial charge on any atom is 0.135 e. The van der Waals surface area contributed by atoms with Gasteiger partial charge in [0.25, 0.3) is 0 Å². The minimum atomic E-state index is 0.408. The van der Waals surface area contributed by atoms with E-state index in [4.69, 9.17) is 4.98 Å². The van der Waals surface area contributed by atoms with Gasteiger partial charge >= 0.3 is 0 Å². The highest BCUT2D eigenvalue weighted by molar-refractivity contribution is 5.52. The second kappa shape index (κ2) is 8.29. The molecule has 0 bridgehead atoms. The Bertz CT molecular complexity index is 995. The maximum absolute atomic E-state index is 4.76. The van der Waals surface area contributed by atoms with Crippen LogP contribution in [0.3, 0.4) is 0 Å². The number of nitrogens with zero attached hydrogens (tertiary/aromatic N) is 6. The Morgan fingerprint density at radius 2 is 1.97 bits per heavy atom. The van der Waals surface area contributed by atoms with Crippen LogP contribution in [0.15, 0.2) is 30.5 Å². The molecule has 1 unspecified atom stereocenters. The number of pyridine rings is 1. The largest absolute Gasteiger partial charge is 0.325 e. The summed E-state index contributed by atoms with van der Waals surface area (Å²) >= 11 is 0. The molecule has 1 aliphatic rings.